The van der Waals surface area contributed by atoms with Crippen LogP contribution in [0.1, 0.15) is 5.56 Å². The van der Waals surface area contributed by atoms with Gasteiger partial charge < -0.3 is 15.4 Å². The summed E-state index contributed by atoms with van der Waals surface area (Å²) in [5.41, 5.74) is 1.55. The van der Waals surface area contributed by atoms with Gasteiger partial charge in [-0.3, -0.25) is 4.79 Å². The maximum atomic E-state index is 11.8. The normalized spacial score (nSPS) is 10.8. The van der Waals surface area contributed by atoms with Crippen molar-refractivity contribution in [2.75, 3.05) is 25.6 Å². The van der Waals surface area contributed by atoms with Gasteiger partial charge in [0.1, 0.15) is 13.2 Å². The first kappa shape index (κ1) is 18.7. The van der Waals surface area contributed by atoms with Gasteiger partial charge in [-0.05, 0) is 24.7 Å². The van der Waals surface area contributed by atoms with Crippen LogP contribution in [-0.4, -0.2) is 32.3 Å². The molecule has 1 amide bonds. The Kier molecular flexibility index (Phi) is 8.21. The Morgan fingerprint density at radius 3 is 2.35 bits per heavy atom. The van der Waals surface area contributed by atoms with Crippen molar-refractivity contribution in [3.63, 3.8) is 0 Å². The average molecular weight is 313 g/mol. The molecule has 0 radical (unpaired) electrons. The summed E-state index contributed by atoms with van der Waals surface area (Å²) in [6.45, 7) is -1.36. The van der Waals surface area contributed by atoms with Crippen LogP contribution < -0.4 is 10.6 Å². The molecule has 0 heterocycles. The summed E-state index contributed by atoms with van der Waals surface area (Å²) < 4.78 is 39.6. The van der Waals surface area contributed by atoms with E-state index in [-0.39, 0.29) is 12.4 Å². The summed E-state index contributed by atoms with van der Waals surface area (Å²) in [5.74, 6) is -0.620. The molecule has 1 aromatic rings. The van der Waals surface area contributed by atoms with Crippen molar-refractivity contribution < 1.29 is 22.7 Å². The zero-order valence-corrected chi connectivity index (χ0v) is 11.6. The van der Waals surface area contributed by atoms with E-state index in [0.29, 0.717) is 12.2 Å². The molecule has 114 valence electrons. The van der Waals surface area contributed by atoms with Crippen LogP contribution in [-0.2, 0) is 16.1 Å². The minimum atomic E-state index is -4.42. The first-order chi connectivity index (χ1) is 8.90. The van der Waals surface area contributed by atoms with E-state index >= 15 is 0 Å². The van der Waals surface area contributed by atoms with Gasteiger partial charge in [0.15, 0.2) is 0 Å². The Morgan fingerprint density at radius 2 is 1.85 bits per heavy atom. The third-order valence-corrected chi connectivity index (χ3v) is 2.12. The van der Waals surface area contributed by atoms with E-state index in [4.69, 9.17) is 0 Å². The smallest absolute Gasteiger partial charge is 0.362 e. The van der Waals surface area contributed by atoms with Gasteiger partial charge in [0.2, 0.25) is 5.91 Å². The maximum absolute atomic E-state index is 11.8. The Morgan fingerprint density at radius 1 is 1.25 bits per heavy atom. The molecule has 0 unspecified atom stereocenters. The van der Waals surface area contributed by atoms with Crippen LogP contribution in [0.5, 0.6) is 0 Å². The van der Waals surface area contributed by atoms with Gasteiger partial charge in [-0.1, -0.05) is 12.1 Å². The molecule has 0 aliphatic heterocycles. The number of halogens is 4. The van der Waals surface area contributed by atoms with E-state index < -0.39 is 25.3 Å². The third-order valence-electron chi connectivity index (χ3n) is 2.12. The molecule has 0 spiro atoms. The number of benzene rings is 1. The lowest BCUT2D eigenvalue weighted by Gasteiger charge is -2.08. The molecule has 8 heteroatoms. The molecule has 20 heavy (non-hydrogen) atoms. The summed E-state index contributed by atoms with van der Waals surface area (Å²) in [5, 5.41) is 5.42. The van der Waals surface area contributed by atoms with Crippen LogP contribution in [0.4, 0.5) is 18.9 Å². The molecular weight excluding hydrogens is 297 g/mol. The van der Waals surface area contributed by atoms with E-state index in [0.717, 1.165) is 5.56 Å². The number of rotatable bonds is 6. The Labute approximate surface area is 121 Å². The SMILES string of the molecule is CNCc1ccc(NC(=O)COCC(F)(F)F)cc1.Cl. The topological polar surface area (TPSA) is 50.4 Å². The molecule has 1 aromatic carbocycles. The molecule has 0 aromatic heterocycles. The Balaban J connectivity index is 0.00000361. The number of carbonyl (C=O) groups excluding carboxylic acids is 1. The van der Waals surface area contributed by atoms with Crippen molar-refractivity contribution >= 4 is 24.0 Å². The lowest BCUT2D eigenvalue weighted by Crippen LogP contribution is -2.23. The van der Waals surface area contributed by atoms with Gasteiger partial charge in [-0.15, -0.1) is 12.4 Å². The van der Waals surface area contributed by atoms with Gasteiger partial charge in [-0.25, -0.2) is 0 Å². The highest BCUT2D eigenvalue weighted by Crippen LogP contribution is 2.14. The fraction of sp³-hybridized carbons (Fsp3) is 0.417. The summed E-state index contributed by atoms with van der Waals surface area (Å²) in [4.78, 5) is 11.3. The lowest BCUT2D eigenvalue weighted by molar-refractivity contribution is -0.174. The van der Waals surface area contributed by atoms with Crippen molar-refractivity contribution in [3.8, 4) is 0 Å². The number of anilines is 1. The minimum absolute atomic E-state index is 0. The predicted octanol–water partition coefficient (Wildman–Crippen LogP) is 2.35. The molecule has 0 saturated carbocycles. The monoisotopic (exact) mass is 312 g/mol. The first-order valence-corrected chi connectivity index (χ1v) is 5.58. The minimum Gasteiger partial charge on any atom is -0.362 e. The number of nitrogens with one attached hydrogen (secondary N) is 2. The molecule has 4 nitrogen and oxygen atoms in total. The van der Waals surface area contributed by atoms with Crippen LogP contribution >= 0.6 is 12.4 Å². The fourth-order valence-corrected chi connectivity index (χ4v) is 1.37. The predicted molar refractivity (Wildman–Crippen MR) is 72.0 cm³/mol. The van der Waals surface area contributed by atoms with Crippen molar-refractivity contribution in [2.45, 2.75) is 12.7 Å². The van der Waals surface area contributed by atoms with E-state index in [9.17, 15) is 18.0 Å². The molecular formula is C12H16ClF3N2O2. The van der Waals surface area contributed by atoms with Crippen molar-refractivity contribution in [1.29, 1.82) is 0 Å². The van der Waals surface area contributed by atoms with E-state index in [2.05, 4.69) is 15.4 Å². The van der Waals surface area contributed by atoms with Gasteiger partial charge >= 0.3 is 6.18 Å². The first-order valence-electron chi connectivity index (χ1n) is 5.58. The lowest BCUT2D eigenvalue weighted by atomic mass is 10.2. The van der Waals surface area contributed by atoms with Gasteiger partial charge in [0, 0.05) is 12.2 Å². The highest BCUT2D eigenvalue weighted by atomic mass is 35.5. The second kappa shape index (κ2) is 8.78. The zero-order chi connectivity index (χ0) is 14.3. The number of alkyl halides is 3. The second-order valence-corrected chi connectivity index (χ2v) is 3.88. The largest absolute Gasteiger partial charge is 0.411 e. The summed E-state index contributed by atoms with van der Waals surface area (Å²) in [7, 11) is 1.81. The van der Waals surface area contributed by atoms with E-state index in [1.165, 1.54) is 0 Å². The van der Waals surface area contributed by atoms with E-state index in [1.54, 1.807) is 12.1 Å². The fourth-order valence-electron chi connectivity index (χ4n) is 1.37. The number of ether oxygens (including phenoxy) is 1. The van der Waals surface area contributed by atoms with Crippen LogP contribution in [0.3, 0.4) is 0 Å². The molecule has 0 saturated heterocycles. The molecule has 0 atom stereocenters. The van der Waals surface area contributed by atoms with Gasteiger partial charge in [0.25, 0.3) is 0 Å². The highest BCUT2D eigenvalue weighted by Gasteiger charge is 2.27. The Hall–Kier alpha value is -1.31. The third kappa shape index (κ3) is 7.98. The van der Waals surface area contributed by atoms with Crippen molar-refractivity contribution in [2.24, 2.45) is 0 Å². The second-order valence-electron chi connectivity index (χ2n) is 3.88. The number of carbonyl (C=O) groups is 1. The molecule has 0 bridgehead atoms. The Bertz CT molecular complexity index is 410. The summed E-state index contributed by atoms with van der Waals surface area (Å²) in [6.07, 6.45) is -4.42. The number of hydrogen-bond acceptors (Lipinski definition) is 3. The molecule has 2 N–H and O–H groups in total. The maximum Gasteiger partial charge on any atom is 0.411 e. The van der Waals surface area contributed by atoms with Crippen LogP contribution in [0, 0.1) is 0 Å². The molecule has 1 rings (SSSR count). The summed E-state index contributed by atoms with van der Waals surface area (Å²) in [6, 6.07) is 6.97. The van der Waals surface area contributed by atoms with Crippen LogP contribution in [0.2, 0.25) is 0 Å². The molecule has 0 aliphatic carbocycles. The molecule has 0 fully saturated rings. The summed E-state index contributed by atoms with van der Waals surface area (Å²) >= 11 is 0. The van der Waals surface area contributed by atoms with Crippen LogP contribution in [0.25, 0.3) is 0 Å². The van der Waals surface area contributed by atoms with Crippen molar-refractivity contribution in [3.05, 3.63) is 29.8 Å². The van der Waals surface area contributed by atoms with Gasteiger partial charge in [0.05, 0.1) is 0 Å². The highest BCUT2D eigenvalue weighted by molar-refractivity contribution is 5.91. The van der Waals surface area contributed by atoms with Crippen LogP contribution in [0.15, 0.2) is 24.3 Å². The van der Waals surface area contributed by atoms with Gasteiger partial charge in [-0.2, -0.15) is 13.2 Å². The standard InChI is InChI=1S/C12H15F3N2O2.ClH/c1-16-6-9-2-4-10(5-3-9)17-11(18)7-19-8-12(13,14)15;/h2-5,16H,6-8H2,1H3,(H,17,18);1H. The average Bonchev–Trinajstić information content (AvgIpc) is 2.30. The zero-order valence-electron chi connectivity index (χ0n) is 10.8. The number of amides is 1. The van der Waals surface area contributed by atoms with E-state index in [1.807, 2.05) is 19.2 Å². The number of hydrogen-bond donors (Lipinski definition) is 2. The quantitative estimate of drug-likeness (QED) is 0.848. The van der Waals surface area contributed by atoms with Crippen molar-refractivity contribution in [1.82, 2.24) is 5.32 Å². The molecule has 0 aliphatic rings.